The monoisotopic (exact) mass is 265 g/mol. The fraction of sp³-hybridized carbons (Fsp3) is 0.714. The van der Waals surface area contributed by atoms with Crippen LogP contribution in [0.15, 0.2) is 6.20 Å². The van der Waals surface area contributed by atoms with E-state index in [1.807, 2.05) is 4.68 Å². The molecule has 2 unspecified atom stereocenters. The SMILES string of the molecule is CCOC(=O)c1nn(C2CCCC(CC)C2)cc1N. The van der Waals surface area contributed by atoms with Crippen LogP contribution < -0.4 is 5.73 Å². The quantitative estimate of drug-likeness (QED) is 0.850. The van der Waals surface area contributed by atoms with Crippen molar-refractivity contribution in [3.8, 4) is 0 Å². The van der Waals surface area contributed by atoms with E-state index in [2.05, 4.69) is 12.0 Å². The second kappa shape index (κ2) is 6.08. The van der Waals surface area contributed by atoms with Crippen LogP contribution in [0.4, 0.5) is 5.69 Å². The molecule has 1 aliphatic carbocycles. The molecule has 1 aromatic heterocycles. The van der Waals surface area contributed by atoms with Crippen LogP contribution in [-0.2, 0) is 4.74 Å². The smallest absolute Gasteiger partial charge is 0.361 e. The topological polar surface area (TPSA) is 70.1 Å². The van der Waals surface area contributed by atoms with Crippen LogP contribution in [0.1, 0.15) is 62.5 Å². The number of ether oxygens (including phenoxy) is 1. The third-order valence-corrected chi connectivity index (χ3v) is 3.94. The summed E-state index contributed by atoms with van der Waals surface area (Å²) in [6.07, 6.45) is 7.73. The van der Waals surface area contributed by atoms with Crippen molar-refractivity contribution in [1.29, 1.82) is 0 Å². The summed E-state index contributed by atoms with van der Waals surface area (Å²) < 4.78 is 6.82. The van der Waals surface area contributed by atoms with E-state index >= 15 is 0 Å². The molecule has 2 N–H and O–H groups in total. The van der Waals surface area contributed by atoms with Crippen molar-refractivity contribution in [2.45, 2.75) is 52.0 Å². The van der Waals surface area contributed by atoms with Gasteiger partial charge in [-0.15, -0.1) is 0 Å². The van der Waals surface area contributed by atoms with Crippen molar-refractivity contribution in [2.24, 2.45) is 5.92 Å². The van der Waals surface area contributed by atoms with Crippen molar-refractivity contribution < 1.29 is 9.53 Å². The molecule has 0 radical (unpaired) electrons. The number of hydrogen-bond donors (Lipinski definition) is 1. The highest BCUT2D eigenvalue weighted by Gasteiger charge is 2.25. The van der Waals surface area contributed by atoms with Crippen LogP contribution in [0.3, 0.4) is 0 Å². The van der Waals surface area contributed by atoms with E-state index in [1.54, 1.807) is 13.1 Å². The minimum Gasteiger partial charge on any atom is -0.461 e. The molecule has 5 nitrogen and oxygen atoms in total. The Morgan fingerprint density at radius 3 is 3.00 bits per heavy atom. The summed E-state index contributed by atoms with van der Waals surface area (Å²) in [6, 6.07) is 0.365. The van der Waals surface area contributed by atoms with Gasteiger partial charge in [0.05, 0.1) is 18.3 Å². The Kier molecular flexibility index (Phi) is 4.45. The first-order valence-corrected chi connectivity index (χ1v) is 7.17. The van der Waals surface area contributed by atoms with Gasteiger partial charge in [-0.25, -0.2) is 4.79 Å². The molecule has 0 spiro atoms. The minimum atomic E-state index is -0.429. The van der Waals surface area contributed by atoms with Gasteiger partial charge in [-0.3, -0.25) is 4.68 Å². The molecule has 19 heavy (non-hydrogen) atoms. The van der Waals surface area contributed by atoms with Crippen LogP contribution >= 0.6 is 0 Å². The predicted molar refractivity (Wildman–Crippen MR) is 73.9 cm³/mol. The van der Waals surface area contributed by atoms with Gasteiger partial charge in [-0.2, -0.15) is 5.10 Å². The first-order chi connectivity index (χ1) is 9.15. The Morgan fingerprint density at radius 2 is 2.32 bits per heavy atom. The zero-order chi connectivity index (χ0) is 13.8. The third kappa shape index (κ3) is 3.08. The number of esters is 1. The van der Waals surface area contributed by atoms with E-state index in [9.17, 15) is 4.79 Å². The van der Waals surface area contributed by atoms with Gasteiger partial charge in [0.2, 0.25) is 0 Å². The molecule has 0 bridgehead atoms. The van der Waals surface area contributed by atoms with Gasteiger partial charge in [0, 0.05) is 6.20 Å². The summed E-state index contributed by atoms with van der Waals surface area (Å²) in [4.78, 5) is 11.7. The predicted octanol–water partition coefficient (Wildman–Crippen LogP) is 2.78. The minimum absolute atomic E-state index is 0.250. The van der Waals surface area contributed by atoms with Crippen molar-refractivity contribution in [2.75, 3.05) is 12.3 Å². The number of anilines is 1. The summed E-state index contributed by atoms with van der Waals surface area (Å²) in [6.45, 7) is 4.35. The van der Waals surface area contributed by atoms with Gasteiger partial charge >= 0.3 is 5.97 Å². The highest BCUT2D eigenvalue weighted by molar-refractivity contribution is 5.92. The lowest BCUT2D eigenvalue weighted by molar-refractivity contribution is 0.0519. The molecule has 0 amide bonds. The highest BCUT2D eigenvalue weighted by atomic mass is 16.5. The number of aromatic nitrogens is 2. The van der Waals surface area contributed by atoms with E-state index in [4.69, 9.17) is 10.5 Å². The van der Waals surface area contributed by atoms with Crippen LogP contribution in [0, 0.1) is 5.92 Å². The molecule has 1 heterocycles. The standard InChI is InChI=1S/C14H23N3O2/c1-3-10-6-5-7-11(8-10)17-9-12(15)13(16-17)14(18)19-4-2/h9-11H,3-8,15H2,1-2H3. The Balaban J connectivity index is 2.13. The maximum Gasteiger partial charge on any atom is 0.361 e. The summed E-state index contributed by atoms with van der Waals surface area (Å²) in [5.41, 5.74) is 6.53. The van der Waals surface area contributed by atoms with Gasteiger partial charge in [-0.1, -0.05) is 26.2 Å². The zero-order valence-corrected chi connectivity index (χ0v) is 11.8. The summed E-state index contributed by atoms with van der Waals surface area (Å²) in [7, 11) is 0. The largest absolute Gasteiger partial charge is 0.461 e. The first-order valence-electron chi connectivity index (χ1n) is 7.17. The molecule has 1 aliphatic rings. The highest BCUT2D eigenvalue weighted by Crippen LogP contribution is 2.34. The molecule has 106 valence electrons. The second-order valence-electron chi connectivity index (χ2n) is 5.23. The van der Waals surface area contributed by atoms with E-state index in [-0.39, 0.29) is 5.69 Å². The first kappa shape index (κ1) is 13.9. The summed E-state index contributed by atoms with van der Waals surface area (Å²) >= 11 is 0. The van der Waals surface area contributed by atoms with E-state index < -0.39 is 5.97 Å². The molecule has 0 saturated heterocycles. The molecule has 5 heteroatoms. The average Bonchev–Trinajstić information content (AvgIpc) is 2.81. The van der Waals surface area contributed by atoms with Gasteiger partial charge in [0.25, 0.3) is 0 Å². The van der Waals surface area contributed by atoms with Gasteiger partial charge in [-0.05, 0) is 25.7 Å². The lowest BCUT2D eigenvalue weighted by atomic mass is 9.84. The van der Waals surface area contributed by atoms with Crippen molar-refractivity contribution >= 4 is 11.7 Å². The van der Waals surface area contributed by atoms with Gasteiger partial charge < -0.3 is 10.5 Å². The molecule has 2 atom stereocenters. The van der Waals surface area contributed by atoms with Crippen molar-refractivity contribution in [3.63, 3.8) is 0 Å². The van der Waals surface area contributed by atoms with Gasteiger partial charge in [0.1, 0.15) is 0 Å². The van der Waals surface area contributed by atoms with Crippen molar-refractivity contribution in [3.05, 3.63) is 11.9 Å². The van der Waals surface area contributed by atoms with E-state index in [0.29, 0.717) is 18.3 Å². The summed E-state index contributed by atoms with van der Waals surface area (Å²) in [5, 5.41) is 4.34. The number of nitrogens with two attached hydrogens (primary N) is 1. The Morgan fingerprint density at radius 1 is 1.53 bits per heavy atom. The van der Waals surface area contributed by atoms with Crippen molar-refractivity contribution in [1.82, 2.24) is 9.78 Å². The molecule has 1 aromatic rings. The number of nitrogen functional groups attached to an aromatic ring is 1. The molecular weight excluding hydrogens is 242 g/mol. The molecule has 0 aliphatic heterocycles. The number of nitrogens with zero attached hydrogens (tertiary/aromatic N) is 2. The lowest BCUT2D eigenvalue weighted by Crippen LogP contribution is -2.19. The Labute approximate surface area is 114 Å². The zero-order valence-electron chi connectivity index (χ0n) is 11.8. The molecular formula is C14H23N3O2. The maximum atomic E-state index is 11.7. The fourth-order valence-electron chi connectivity index (χ4n) is 2.82. The number of carbonyl (C=O) groups is 1. The number of rotatable bonds is 4. The second-order valence-corrected chi connectivity index (χ2v) is 5.23. The number of hydrogen-bond acceptors (Lipinski definition) is 4. The van der Waals surface area contributed by atoms with Crippen LogP contribution in [0.5, 0.6) is 0 Å². The number of carbonyl (C=O) groups excluding carboxylic acids is 1. The molecule has 0 aromatic carbocycles. The normalized spacial score (nSPS) is 23.3. The average molecular weight is 265 g/mol. The molecule has 1 fully saturated rings. The molecule has 2 rings (SSSR count). The molecule has 1 saturated carbocycles. The van der Waals surface area contributed by atoms with Gasteiger partial charge in [0.15, 0.2) is 5.69 Å². The summed E-state index contributed by atoms with van der Waals surface area (Å²) in [5.74, 6) is 0.330. The van der Waals surface area contributed by atoms with E-state index in [1.165, 1.54) is 19.3 Å². The van der Waals surface area contributed by atoms with E-state index in [0.717, 1.165) is 18.8 Å². The maximum absolute atomic E-state index is 11.7. The Bertz CT molecular complexity index is 442. The van der Waals surface area contributed by atoms with Crippen LogP contribution in [0.2, 0.25) is 0 Å². The van der Waals surface area contributed by atoms with Crippen LogP contribution in [-0.4, -0.2) is 22.4 Å². The fourth-order valence-corrected chi connectivity index (χ4v) is 2.82. The Hall–Kier alpha value is -1.52. The lowest BCUT2D eigenvalue weighted by Gasteiger charge is -2.28. The van der Waals surface area contributed by atoms with Crippen LogP contribution in [0.25, 0.3) is 0 Å². The third-order valence-electron chi connectivity index (χ3n) is 3.94.